The molecule has 2 N–H and O–H groups in total. The SMILES string of the molecule is CN.C\C=C/C(=C\C=C\CCc1cnc(N2CCc3ccc(N(C)C=O)cc3C2)s1)N1CCOCC1. The van der Waals surface area contributed by atoms with Gasteiger partial charge in [-0.1, -0.05) is 24.3 Å². The molecule has 1 saturated heterocycles. The molecule has 1 aromatic heterocycles. The third-order valence-electron chi connectivity index (χ3n) is 6.25. The Bertz CT molecular complexity index is 1060. The topological polar surface area (TPSA) is 74.9 Å². The highest BCUT2D eigenvalue weighted by Gasteiger charge is 2.20. The molecule has 0 bridgehead atoms. The molecule has 0 aliphatic carbocycles. The van der Waals surface area contributed by atoms with Crippen molar-refractivity contribution in [2.24, 2.45) is 5.73 Å². The van der Waals surface area contributed by atoms with Gasteiger partial charge in [0.05, 0.1) is 13.2 Å². The summed E-state index contributed by atoms with van der Waals surface area (Å²) in [5.41, 5.74) is 9.32. The molecule has 4 rings (SSSR count). The van der Waals surface area contributed by atoms with Crippen LogP contribution in [0.25, 0.3) is 0 Å². The second kappa shape index (κ2) is 14.6. The summed E-state index contributed by atoms with van der Waals surface area (Å²) in [5, 5.41) is 1.08. The van der Waals surface area contributed by atoms with Gasteiger partial charge in [-0.25, -0.2) is 4.98 Å². The number of carbonyl (C=O) groups is 1. The molecule has 0 radical (unpaired) electrons. The molecule has 7 nitrogen and oxygen atoms in total. The molecular formula is C28H39N5O2S. The second-order valence-corrected chi connectivity index (χ2v) is 9.70. The summed E-state index contributed by atoms with van der Waals surface area (Å²) in [4.78, 5) is 23.5. The van der Waals surface area contributed by atoms with E-state index in [0.717, 1.165) is 75.9 Å². The number of thiazole rings is 1. The van der Waals surface area contributed by atoms with Crippen LogP contribution in [0, 0.1) is 0 Å². The summed E-state index contributed by atoms with van der Waals surface area (Å²) in [6.45, 7) is 7.36. The number of nitrogens with zero attached hydrogens (tertiary/aromatic N) is 4. The molecule has 1 fully saturated rings. The van der Waals surface area contributed by atoms with Gasteiger partial charge in [-0.2, -0.15) is 0 Å². The Morgan fingerprint density at radius 1 is 1.22 bits per heavy atom. The Labute approximate surface area is 219 Å². The van der Waals surface area contributed by atoms with Crippen LogP contribution < -0.4 is 15.5 Å². The molecule has 194 valence electrons. The molecule has 3 heterocycles. The summed E-state index contributed by atoms with van der Waals surface area (Å²) in [6, 6.07) is 6.30. The first-order chi connectivity index (χ1) is 17.7. The number of fused-ring (bicyclic) bond motifs is 1. The molecule has 36 heavy (non-hydrogen) atoms. The number of anilines is 2. The summed E-state index contributed by atoms with van der Waals surface area (Å²) in [6.07, 6.45) is 16.7. The first kappa shape index (κ1) is 27.6. The molecule has 0 saturated carbocycles. The van der Waals surface area contributed by atoms with Gasteiger partial charge in [0.25, 0.3) is 0 Å². The lowest BCUT2D eigenvalue weighted by atomic mass is 9.99. The highest BCUT2D eigenvalue weighted by Crippen LogP contribution is 2.30. The van der Waals surface area contributed by atoms with E-state index < -0.39 is 0 Å². The van der Waals surface area contributed by atoms with Gasteiger partial charge >= 0.3 is 0 Å². The van der Waals surface area contributed by atoms with Crippen molar-refractivity contribution in [2.45, 2.75) is 32.7 Å². The van der Waals surface area contributed by atoms with Crippen molar-refractivity contribution in [3.8, 4) is 0 Å². The number of benzene rings is 1. The van der Waals surface area contributed by atoms with Gasteiger partial charge in [0, 0.05) is 55.7 Å². The van der Waals surface area contributed by atoms with Crippen molar-refractivity contribution in [1.29, 1.82) is 0 Å². The van der Waals surface area contributed by atoms with E-state index in [2.05, 4.69) is 65.0 Å². The Kier molecular flexibility index (Phi) is 11.2. The molecule has 0 unspecified atom stereocenters. The smallest absolute Gasteiger partial charge is 0.213 e. The maximum atomic E-state index is 11.1. The zero-order chi connectivity index (χ0) is 25.8. The van der Waals surface area contributed by atoms with E-state index in [9.17, 15) is 4.79 Å². The number of aromatic nitrogens is 1. The van der Waals surface area contributed by atoms with Crippen molar-refractivity contribution in [3.05, 3.63) is 76.5 Å². The van der Waals surface area contributed by atoms with Crippen molar-refractivity contribution in [1.82, 2.24) is 9.88 Å². The number of morpholine rings is 1. The van der Waals surface area contributed by atoms with E-state index in [4.69, 9.17) is 9.72 Å². The Morgan fingerprint density at radius 2 is 2.03 bits per heavy atom. The zero-order valence-corrected chi connectivity index (χ0v) is 22.5. The Morgan fingerprint density at radius 3 is 2.78 bits per heavy atom. The number of aryl methyl sites for hydroxylation is 1. The fraction of sp³-hybridized carbons (Fsp3) is 0.429. The van der Waals surface area contributed by atoms with Crippen molar-refractivity contribution >= 4 is 28.6 Å². The standard InChI is InChI=1S/C27H34N4O2S.CH5N/c1-3-7-24(30-14-16-33-17-15-30)8-5-4-6-9-26-19-28-27(34-26)31-13-12-22-10-11-25(29(2)21-32)18-23(22)20-31;1-2/h3-5,7-8,10-11,18-19,21H,6,9,12-17,20H2,1-2H3;2H2,1H3/b5-4+,7-3-,24-8+;. The third-order valence-corrected chi connectivity index (χ3v) is 7.37. The second-order valence-electron chi connectivity index (χ2n) is 8.61. The van der Waals surface area contributed by atoms with Crippen LogP contribution >= 0.6 is 11.3 Å². The average molecular weight is 510 g/mol. The quantitative estimate of drug-likeness (QED) is 0.404. The van der Waals surface area contributed by atoms with Crippen LogP contribution in [0.1, 0.15) is 29.3 Å². The minimum absolute atomic E-state index is 0.797. The Balaban J connectivity index is 0.00000176. The number of amides is 1. The molecule has 8 heteroatoms. The molecule has 1 aromatic carbocycles. The van der Waals surface area contributed by atoms with Crippen LogP contribution in [0.4, 0.5) is 10.8 Å². The maximum absolute atomic E-state index is 11.1. The first-order valence-corrected chi connectivity index (χ1v) is 13.4. The highest BCUT2D eigenvalue weighted by molar-refractivity contribution is 7.15. The monoisotopic (exact) mass is 509 g/mol. The molecule has 2 aromatic rings. The highest BCUT2D eigenvalue weighted by atomic mass is 32.1. The lowest BCUT2D eigenvalue weighted by molar-refractivity contribution is -0.107. The van der Waals surface area contributed by atoms with Crippen LogP contribution in [-0.4, -0.2) is 63.2 Å². The fourth-order valence-corrected chi connectivity index (χ4v) is 5.24. The normalized spacial score (nSPS) is 16.2. The molecule has 1 amide bonds. The van der Waals surface area contributed by atoms with E-state index in [-0.39, 0.29) is 0 Å². The number of ether oxygens (including phenoxy) is 1. The summed E-state index contributed by atoms with van der Waals surface area (Å²) >= 11 is 1.79. The van der Waals surface area contributed by atoms with E-state index in [1.807, 2.05) is 12.3 Å². The van der Waals surface area contributed by atoms with Gasteiger partial charge in [0.15, 0.2) is 5.13 Å². The fourth-order valence-electron chi connectivity index (χ4n) is 4.29. The molecule has 0 atom stereocenters. The van der Waals surface area contributed by atoms with Gasteiger partial charge < -0.3 is 25.2 Å². The van der Waals surface area contributed by atoms with E-state index >= 15 is 0 Å². The van der Waals surface area contributed by atoms with Crippen LogP contribution in [-0.2, 0) is 28.9 Å². The van der Waals surface area contributed by atoms with Gasteiger partial charge in [-0.3, -0.25) is 4.79 Å². The minimum Gasteiger partial charge on any atom is -0.378 e. The van der Waals surface area contributed by atoms with Gasteiger partial charge in [-0.15, -0.1) is 11.3 Å². The number of rotatable bonds is 9. The predicted molar refractivity (Wildman–Crippen MR) is 151 cm³/mol. The van der Waals surface area contributed by atoms with Gasteiger partial charge in [-0.05, 0) is 68.6 Å². The number of carbonyl (C=O) groups excluding carboxylic acids is 1. The number of hydrogen-bond acceptors (Lipinski definition) is 7. The number of nitrogens with two attached hydrogens (primary N) is 1. The van der Waals surface area contributed by atoms with E-state index in [0.29, 0.717) is 0 Å². The molecule has 2 aliphatic rings. The summed E-state index contributed by atoms with van der Waals surface area (Å²) in [7, 11) is 3.29. The summed E-state index contributed by atoms with van der Waals surface area (Å²) in [5.74, 6) is 0. The van der Waals surface area contributed by atoms with Crippen LogP contribution in [0.5, 0.6) is 0 Å². The van der Waals surface area contributed by atoms with Crippen LogP contribution in [0.15, 0.2) is 60.5 Å². The predicted octanol–water partition coefficient (Wildman–Crippen LogP) is 4.15. The first-order valence-electron chi connectivity index (χ1n) is 12.6. The van der Waals surface area contributed by atoms with Crippen molar-refractivity contribution in [3.63, 3.8) is 0 Å². The summed E-state index contributed by atoms with van der Waals surface area (Å²) < 4.78 is 5.47. The number of allylic oxidation sites excluding steroid dienone is 5. The van der Waals surface area contributed by atoms with Crippen LogP contribution in [0.2, 0.25) is 0 Å². The molecular weight excluding hydrogens is 470 g/mol. The van der Waals surface area contributed by atoms with Crippen LogP contribution in [0.3, 0.4) is 0 Å². The number of hydrogen-bond donors (Lipinski definition) is 1. The maximum Gasteiger partial charge on any atom is 0.213 e. The van der Waals surface area contributed by atoms with Gasteiger partial charge in [0.2, 0.25) is 6.41 Å². The third kappa shape index (κ3) is 7.53. The zero-order valence-electron chi connectivity index (χ0n) is 21.7. The van der Waals surface area contributed by atoms with Crippen molar-refractivity contribution in [2.75, 3.05) is 56.7 Å². The van der Waals surface area contributed by atoms with Crippen molar-refractivity contribution < 1.29 is 9.53 Å². The lowest BCUT2D eigenvalue weighted by Crippen LogP contribution is -2.35. The van der Waals surface area contributed by atoms with E-state index in [1.54, 1.807) is 23.3 Å². The molecule has 2 aliphatic heterocycles. The largest absolute Gasteiger partial charge is 0.378 e. The minimum atomic E-state index is 0.797. The Hall–Kier alpha value is -2.94. The van der Waals surface area contributed by atoms with E-state index in [1.165, 1.54) is 28.7 Å². The molecule has 0 spiro atoms. The average Bonchev–Trinajstić information content (AvgIpc) is 3.42. The van der Waals surface area contributed by atoms with Gasteiger partial charge in [0.1, 0.15) is 0 Å². The lowest BCUT2D eigenvalue weighted by Gasteiger charge is -2.29.